The van der Waals surface area contributed by atoms with Crippen molar-refractivity contribution < 1.29 is 30.8 Å². The highest BCUT2D eigenvalue weighted by atomic mass is 32.2. The molecule has 1 amide bonds. The molecule has 3 aromatic carbocycles. The number of halogens is 1. The number of piperazine rings is 1. The number of amides is 1. The summed E-state index contributed by atoms with van der Waals surface area (Å²) in [6.07, 6.45) is 0. The second-order valence-electron chi connectivity index (χ2n) is 8.65. The summed E-state index contributed by atoms with van der Waals surface area (Å²) in [5.74, 6) is -0.687. The predicted octanol–water partition coefficient (Wildman–Crippen LogP) is 2.58. The highest BCUT2D eigenvalue weighted by Crippen LogP contribution is 2.21. The number of hydrogen-bond donors (Lipinski definition) is 2. The van der Waals surface area contributed by atoms with E-state index in [0.717, 1.165) is 12.1 Å². The molecule has 0 saturated carbocycles. The number of carbonyl (C=O) groups is 1. The van der Waals surface area contributed by atoms with Crippen molar-refractivity contribution in [3.63, 3.8) is 0 Å². The van der Waals surface area contributed by atoms with Gasteiger partial charge in [0.1, 0.15) is 11.6 Å². The molecule has 0 unspecified atom stereocenters. The van der Waals surface area contributed by atoms with E-state index in [1.165, 1.54) is 65.0 Å². The minimum absolute atomic E-state index is 0.0368. The average molecular weight is 563 g/mol. The van der Waals surface area contributed by atoms with Crippen molar-refractivity contribution >= 4 is 37.3 Å². The lowest BCUT2D eigenvalue weighted by Crippen LogP contribution is -2.46. The fourth-order valence-electron chi connectivity index (χ4n) is 3.68. The maximum absolute atomic E-state index is 13.0. The minimum Gasteiger partial charge on any atom is -0.484 e. The molecule has 10 nitrogen and oxygen atoms in total. The number of likely N-dealkylation sites (N-methyl/N-ethyl adjacent to an activating group) is 1. The molecule has 1 heterocycles. The van der Waals surface area contributed by atoms with Gasteiger partial charge in [-0.15, -0.1) is 0 Å². The quantitative estimate of drug-likeness (QED) is 0.411. The van der Waals surface area contributed by atoms with E-state index in [2.05, 4.69) is 14.9 Å². The molecule has 1 aliphatic rings. The summed E-state index contributed by atoms with van der Waals surface area (Å²) < 4.78 is 72.9. The number of rotatable bonds is 9. The number of nitrogens with zero attached hydrogens (tertiary/aromatic N) is 2. The summed E-state index contributed by atoms with van der Waals surface area (Å²) in [6, 6.07) is 16.3. The van der Waals surface area contributed by atoms with E-state index in [1.54, 1.807) is 0 Å². The van der Waals surface area contributed by atoms with E-state index in [-0.39, 0.29) is 27.8 Å². The van der Waals surface area contributed by atoms with E-state index in [4.69, 9.17) is 4.74 Å². The van der Waals surface area contributed by atoms with Gasteiger partial charge in [0.2, 0.25) is 10.0 Å². The molecular formula is C25H27FN4O6S2. The van der Waals surface area contributed by atoms with Crippen LogP contribution >= 0.6 is 0 Å². The molecular weight excluding hydrogens is 535 g/mol. The van der Waals surface area contributed by atoms with Gasteiger partial charge in [-0.1, -0.05) is 0 Å². The fourth-order valence-corrected chi connectivity index (χ4v) is 6.16. The van der Waals surface area contributed by atoms with Gasteiger partial charge in [0.05, 0.1) is 9.79 Å². The first-order chi connectivity index (χ1) is 18.0. The number of benzene rings is 3. The normalized spacial score (nSPS) is 15.1. The molecule has 202 valence electrons. The van der Waals surface area contributed by atoms with Gasteiger partial charge in [0, 0.05) is 37.6 Å². The second kappa shape index (κ2) is 11.5. The Kier molecular flexibility index (Phi) is 8.31. The van der Waals surface area contributed by atoms with Crippen LogP contribution in [0.5, 0.6) is 5.75 Å². The topological polar surface area (TPSA) is 125 Å². The Hall–Kier alpha value is -3.52. The lowest BCUT2D eigenvalue weighted by molar-refractivity contribution is -0.118. The third-order valence-corrected chi connectivity index (χ3v) is 9.15. The Labute approximate surface area is 221 Å². The van der Waals surface area contributed by atoms with Gasteiger partial charge < -0.3 is 15.0 Å². The van der Waals surface area contributed by atoms with Crippen LogP contribution in [0, 0.1) is 5.82 Å². The zero-order valence-corrected chi connectivity index (χ0v) is 22.1. The van der Waals surface area contributed by atoms with Crippen molar-refractivity contribution in [1.29, 1.82) is 0 Å². The van der Waals surface area contributed by atoms with Crippen LogP contribution in [0.1, 0.15) is 0 Å². The first-order valence-electron chi connectivity index (χ1n) is 11.6. The molecule has 2 N–H and O–H groups in total. The summed E-state index contributed by atoms with van der Waals surface area (Å²) in [5, 5.41) is 2.63. The van der Waals surface area contributed by atoms with Crippen molar-refractivity contribution in [1.82, 2.24) is 9.21 Å². The SMILES string of the molecule is CN1CCN(S(=O)(=O)c2ccc(NC(=O)COc3ccc(S(=O)(=O)Nc4ccc(F)cc4)cc3)cc2)CC1. The molecule has 0 radical (unpaired) electrons. The molecule has 38 heavy (non-hydrogen) atoms. The van der Waals surface area contributed by atoms with Crippen LogP contribution in [0.3, 0.4) is 0 Å². The van der Waals surface area contributed by atoms with Gasteiger partial charge in [-0.2, -0.15) is 4.31 Å². The Bertz CT molecular complexity index is 1470. The smallest absolute Gasteiger partial charge is 0.262 e. The Balaban J connectivity index is 1.29. The maximum Gasteiger partial charge on any atom is 0.262 e. The number of sulfonamides is 2. The van der Waals surface area contributed by atoms with E-state index < -0.39 is 31.8 Å². The molecule has 1 fully saturated rings. The summed E-state index contributed by atoms with van der Waals surface area (Å²) in [5.41, 5.74) is 0.623. The van der Waals surface area contributed by atoms with Crippen molar-refractivity contribution in [2.75, 3.05) is 49.9 Å². The Morgan fingerprint density at radius 2 is 1.37 bits per heavy atom. The predicted molar refractivity (Wildman–Crippen MR) is 140 cm³/mol. The monoisotopic (exact) mass is 562 g/mol. The van der Waals surface area contributed by atoms with Gasteiger partial charge in [-0.25, -0.2) is 21.2 Å². The van der Waals surface area contributed by atoms with Crippen LogP contribution in [0.2, 0.25) is 0 Å². The summed E-state index contributed by atoms with van der Waals surface area (Å²) in [4.78, 5) is 14.5. The molecule has 1 saturated heterocycles. The number of nitrogens with one attached hydrogen (secondary N) is 2. The van der Waals surface area contributed by atoms with Crippen molar-refractivity contribution in [3.05, 3.63) is 78.6 Å². The standard InChI is InChI=1S/C25H27FN4O6S2/c1-29-14-16-30(17-15-29)38(34,35)24-10-6-20(7-11-24)27-25(31)18-36-22-8-12-23(13-9-22)37(32,33)28-21-4-2-19(26)3-5-21/h2-13,28H,14-18H2,1H3,(H,27,31). The summed E-state index contributed by atoms with van der Waals surface area (Å²) in [6.45, 7) is 1.83. The second-order valence-corrected chi connectivity index (χ2v) is 12.3. The van der Waals surface area contributed by atoms with Crippen LogP contribution in [-0.2, 0) is 24.8 Å². The summed E-state index contributed by atoms with van der Waals surface area (Å²) >= 11 is 0. The zero-order valence-electron chi connectivity index (χ0n) is 20.5. The molecule has 0 spiro atoms. The molecule has 0 aliphatic carbocycles. The maximum atomic E-state index is 13.0. The van der Waals surface area contributed by atoms with Crippen molar-refractivity contribution in [2.45, 2.75) is 9.79 Å². The zero-order chi connectivity index (χ0) is 27.3. The molecule has 0 aromatic heterocycles. The van der Waals surface area contributed by atoms with Crippen LogP contribution in [-0.4, -0.2) is 71.8 Å². The number of carbonyl (C=O) groups excluding carboxylic acids is 1. The highest BCUT2D eigenvalue weighted by Gasteiger charge is 2.27. The van der Waals surface area contributed by atoms with Crippen LogP contribution < -0.4 is 14.8 Å². The van der Waals surface area contributed by atoms with Crippen LogP contribution in [0.4, 0.5) is 15.8 Å². The first-order valence-corrected chi connectivity index (χ1v) is 14.6. The van der Waals surface area contributed by atoms with E-state index in [9.17, 15) is 26.0 Å². The van der Waals surface area contributed by atoms with E-state index in [1.807, 2.05) is 7.05 Å². The Morgan fingerprint density at radius 1 is 0.816 bits per heavy atom. The lowest BCUT2D eigenvalue weighted by Gasteiger charge is -2.31. The molecule has 1 aliphatic heterocycles. The van der Waals surface area contributed by atoms with Crippen molar-refractivity contribution in [2.24, 2.45) is 0 Å². The Morgan fingerprint density at radius 3 is 1.97 bits per heavy atom. The third kappa shape index (κ3) is 6.86. The third-order valence-electron chi connectivity index (χ3n) is 5.84. The van der Waals surface area contributed by atoms with E-state index >= 15 is 0 Å². The minimum atomic E-state index is -3.89. The van der Waals surface area contributed by atoms with Gasteiger partial charge in [0.15, 0.2) is 6.61 Å². The van der Waals surface area contributed by atoms with Gasteiger partial charge >= 0.3 is 0 Å². The lowest BCUT2D eigenvalue weighted by atomic mass is 10.3. The molecule has 0 atom stereocenters. The van der Waals surface area contributed by atoms with Gasteiger partial charge in [-0.05, 0) is 79.8 Å². The molecule has 3 aromatic rings. The molecule has 13 heteroatoms. The van der Waals surface area contributed by atoms with Crippen molar-refractivity contribution in [3.8, 4) is 5.75 Å². The molecule has 4 rings (SSSR count). The first kappa shape index (κ1) is 27.5. The highest BCUT2D eigenvalue weighted by molar-refractivity contribution is 7.92. The summed E-state index contributed by atoms with van der Waals surface area (Å²) in [7, 11) is -5.55. The largest absolute Gasteiger partial charge is 0.484 e. The number of anilines is 2. The van der Waals surface area contributed by atoms with Crippen LogP contribution in [0.25, 0.3) is 0 Å². The van der Waals surface area contributed by atoms with Gasteiger partial charge in [-0.3, -0.25) is 9.52 Å². The van der Waals surface area contributed by atoms with Crippen LogP contribution in [0.15, 0.2) is 82.6 Å². The van der Waals surface area contributed by atoms with Gasteiger partial charge in [0.25, 0.3) is 15.9 Å². The molecule has 0 bridgehead atoms. The number of hydrogen-bond acceptors (Lipinski definition) is 7. The van der Waals surface area contributed by atoms with E-state index in [0.29, 0.717) is 31.9 Å². The fraction of sp³-hybridized carbons (Fsp3) is 0.240. The average Bonchev–Trinajstić information content (AvgIpc) is 2.89. The number of ether oxygens (including phenoxy) is 1.